The van der Waals surface area contributed by atoms with Crippen LogP contribution in [0, 0.1) is 0 Å². The third-order valence-corrected chi connectivity index (χ3v) is 4.11. The molecule has 0 unspecified atom stereocenters. The smallest absolute Gasteiger partial charge is 0.317 e. The number of nitrogens with one attached hydrogen (secondary N) is 1. The molecule has 1 fully saturated rings. The fraction of sp³-hybridized carbons (Fsp3) is 0.412. The first-order chi connectivity index (χ1) is 11.7. The Bertz CT molecular complexity index is 651. The molecule has 2 amide bonds. The molecule has 2 aromatic heterocycles. The van der Waals surface area contributed by atoms with Gasteiger partial charge in [0.2, 0.25) is 0 Å². The summed E-state index contributed by atoms with van der Waals surface area (Å²) in [5.41, 5.74) is 1.01. The van der Waals surface area contributed by atoms with Gasteiger partial charge >= 0.3 is 6.03 Å². The van der Waals surface area contributed by atoms with Gasteiger partial charge in [0, 0.05) is 57.5 Å². The second kappa shape index (κ2) is 7.72. The average molecular weight is 326 g/mol. The van der Waals surface area contributed by atoms with Crippen LogP contribution in [0.1, 0.15) is 18.4 Å². The topological polar surface area (TPSA) is 74.2 Å². The van der Waals surface area contributed by atoms with E-state index < -0.39 is 0 Å². The number of urea groups is 1. The normalized spacial score (nSPS) is 17.4. The molecule has 0 radical (unpaired) electrons. The highest BCUT2D eigenvalue weighted by atomic mass is 16.2. The molecular formula is C17H22N6O. The van der Waals surface area contributed by atoms with Gasteiger partial charge in [-0.25, -0.2) is 9.78 Å². The van der Waals surface area contributed by atoms with Crippen LogP contribution in [-0.2, 0) is 6.54 Å². The maximum absolute atomic E-state index is 12.4. The zero-order valence-electron chi connectivity index (χ0n) is 13.8. The van der Waals surface area contributed by atoms with Gasteiger partial charge in [0.15, 0.2) is 0 Å². The molecule has 7 nitrogen and oxygen atoms in total. The van der Waals surface area contributed by atoms with Crippen LogP contribution in [0.2, 0.25) is 0 Å². The number of anilines is 1. The first kappa shape index (κ1) is 16.2. The van der Waals surface area contributed by atoms with E-state index in [1.807, 2.05) is 12.1 Å². The van der Waals surface area contributed by atoms with Crippen LogP contribution in [0.5, 0.6) is 0 Å². The van der Waals surface area contributed by atoms with Crippen molar-refractivity contribution in [1.29, 1.82) is 0 Å². The van der Waals surface area contributed by atoms with Crippen LogP contribution < -0.4 is 10.2 Å². The minimum absolute atomic E-state index is 0.0650. The monoisotopic (exact) mass is 326 g/mol. The molecule has 126 valence electrons. The van der Waals surface area contributed by atoms with Crippen molar-refractivity contribution in [2.75, 3.05) is 25.0 Å². The van der Waals surface area contributed by atoms with Crippen molar-refractivity contribution in [3.05, 3.63) is 48.7 Å². The molecule has 0 bridgehead atoms. The first-order valence-electron chi connectivity index (χ1n) is 8.14. The molecule has 0 aromatic carbocycles. The summed E-state index contributed by atoms with van der Waals surface area (Å²) in [4.78, 5) is 28.8. The van der Waals surface area contributed by atoms with E-state index in [0.29, 0.717) is 6.54 Å². The van der Waals surface area contributed by atoms with Gasteiger partial charge in [0.1, 0.15) is 5.82 Å². The minimum atomic E-state index is -0.0650. The van der Waals surface area contributed by atoms with Gasteiger partial charge in [-0.05, 0) is 24.5 Å². The second-order valence-corrected chi connectivity index (χ2v) is 6.02. The average Bonchev–Trinajstić information content (AvgIpc) is 2.63. The zero-order chi connectivity index (χ0) is 16.8. The maximum Gasteiger partial charge on any atom is 0.317 e. The number of nitrogens with zero attached hydrogens (tertiary/aromatic N) is 5. The van der Waals surface area contributed by atoms with Crippen molar-refractivity contribution in [3.8, 4) is 0 Å². The predicted molar refractivity (Wildman–Crippen MR) is 91.5 cm³/mol. The van der Waals surface area contributed by atoms with Crippen molar-refractivity contribution in [1.82, 2.24) is 25.2 Å². The summed E-state index contributed by atoms with van der Waals surface area (Å²) in [6.07, 6.45) is 10.6. The summed E-state index contributed by atoms with van der Waals surface area (Å²) >= 11 is 0. The number of carbonyl (C=O) groups is 1. The van der Waals surface area contributed by atoms with Crippen molar-refractivity contribution < 1.29 is 4.79 Å². The molecule has 3 rings (SSSR count). The predicted octanol–water partition coefficient (Wildman–Crippen LogP) is 1.68. The summed E-state index contributed by atoms with van der Waals surface area (Å²) < 4.78 is 0. The fourth-order valence-corrected chi connectivity index (χ4v) is 2.88. The van der Waals surface area contributed by atoms with Crippen molar-refractivity contribution >= 4 is 11.8 Å². The molecule has 0 spiro atoms. The van der Waals surface area contributed by atoms with Crippen molar-refractivity contribution in [3.63, 3.8) is 0 Å². The molecule has 1 saturated heterocycles. The number of hydrogen-bond donors (Lipinski definition) is 1. The van der Waals surface area contributed by atoms with E-state index >= 15 is 0 Å². The molecule has 1 N–H and O–H groups in total. The molecule has 0 aliphatic carbocycles. The zero-order valence-corrected chi connectivity index (χ0v) is 13.8. The highest BCUT2D eigenvalue weighted by Crippen LogP contribution is 2.16. The Balaban J connectivity index is 1.54. The molecular weight excluding hydrogens is 304 g/mol. The van der Waals surface area contributed by atoms with Gasteiger partial charge < -0.3 is 15.1 Å². The number of hydrogen-bond acceptors (Lipinski definition) is 5. The summed E-state index contributed by atoms with van der Waals surface area (Å²) in [5.74, 6) is 0.861. The largest absolute Gasteiger partial charge is 0.353 e. The Kier molecular flexibility index (Phi) is 5.20. The number of rotatable bonds is 4. The molecule has 2 aromatic rings. The number of piperidine rings is 1. The third-order valence-electron chi connectivity index (χ3n) is 4.11. The Morgan fingerprint density at radius 1 is 1.33 bits per heavy atom. The lowest BCUT2D eigenvalue weighted by Gasteiger charge is -2.34. The quantitative estimate of drug-likeness (QED) is 0.925. The van der Waals surface area contributed by atoms with Gasteiger partial charge in [0.05, 0.1) is 6.20 Å². The lowest BCUT2D eigenvalue weighted by atomic mass is 10.1. The second-order valence-electron chi connectivity index (χ2n) is 6.02. The molecule has 1 aliphatic heterocycles. The third kappa shape index (κ3) is 4.18. The van der Waals surface area contributed by atoms with Gasteiger partial charge in [-0.1, -0.05) is 6.07 Å². The van der Waals surface area contributed by atoms with Crippen molar-refractivity contribution in [2.45, 2.75) is 25.4 Å². The van der Waals surface area contributed by atoms with E-state index in [-0.39, 0.29) is 12.1 Å². The SMILES string of the molecule is CN(Cc1cccnc1)C(=O)N[C@@H]1CCCN(c2cnccn2)C1. The van der Waals surface area contributed by atoms with E-state index in [9.17, 15) is 4.79 Å². The number of amides is 2. The molecule has 7 heteroatoms. The lowest BCUT2D eigenvalue weighted by Crippen LogP contribution is -2.51. The molecule has 0 saturated carbocycles. The Hall–Kier alpha value is -2.70. The van der Waals surface area contributed by atoms with E-state index in [0.717, 1.165) is 37.3 Å². The number of pyridine rings is 1. The highest BCUT2D eigenvalue weighted by Gasteiger charge is 2.23. The minimum Gasteiger partial charge on any atom is -0.353 e. The Labute approximate surface area is 141 Å². The summed E-state index contributed by atoms with van der Waals surface area (Å²) in [6.45, 7) is 2.24. The highest BCUT2D eigenvalue weighted by molar-refractivity contribution is 5.74. The standard InChI is InChI=1S/C17H22N6O/c1-22(12-14-4-2-6-18-10-14)17(24)21-15-5-3-9-23(13-15)16-11-19-7-8-20-16/h2,4,6-8,10-11,15H,3,5,9,12-13H2,1H3,(H,21,24)/t15-/m1/s1. The van der Waals surface area contributed by atoms with Gasteiger partial charge in [0.25, 0.3) is 0 Å². The molecule has 1 atom stereocenters. The number of aromatic nitrogens is 3. The summed E-state index contributed by atoms with van der Waals surface area (Å²) in [5, 5.41) is 3.12. The summed E-state index contributed by atoms with van der Waals surface area (Å²) in [7, 11) is 1.80. The molecule has 1 aliphatic rings. The maximum atomic E-state index is 12.4. The first-order valence-corrected chi connectivity index (χ1v) is 8.14. The van der Waals surface area contributed by atoms with E-state index in [2.05, 4.69) is 25.2 Å². The summed E-state index contributed by atoms with van der Waals surface area (Å²) in [6, 6.07) is 3.89. The number of carbonyl (C=O) groups excluding carboxylic acids is 1. The van der Waals surface area contributed by atoms with E-state index in [4.69, 9.17) is 0 Å². The van der Waals surface area contributed by atoms with Crippen LogP contribution in [0.15, 0.2) is 43.1 Å². The Morgan fingerprint density at radius 2 is 2.21 bits per heavy atom. The molecule has 3 heterocycles. The van der Waals surface area contributed by atoms with Gasteiger partial charge in [-0.15, -0.1) is 0 Å². The van der Waals surface area contributed by atoms with Crippen LogP contribution in [0.4, 0.5) is 10.6 Å². The van der Waals surface area contributed by atoms with Crippen LogP contribution in [0.3, 0.4) is 0 Å². The lowest BCUT2D eigenvalue weighted by molar-refractivity contribution is 0.200. The van der Waals surface area contributed by atoms with Gasteiger partial charge in [-0.2, -0.15) is 0 Å². The molecule has 24 heavy (non-hydrogen) atoms. The fourth-order valence-electron chi connectivity index (χ4n) is 2.88. The van der Waals surface area contributed by atoms with Crippen LogP contribution in [-0.4, -0.2) is 52.1 Å². The Morgan fingerprint density at radius 3 is 2.96 bits per heavy atom. The van der Waals surface area contributed by atoms with Crippen molar-refractivity contribution in [2.24, 2.45) is 0 Å². The van der Waals surface area contributed by atoms with E-state index in [1.54, 1.807) is 42.9 Å². The van der Waals surface area contributed by atoms with E-state index in [1.165, 1.54) is 0 Å². The van der Waals surface area contributed by atoms with Crippen LogP contribution in [0.25, 0.3) is 0 Å². The van der Waals surface area contributed by atoms with Gasteiger partial charge in [-0.3, -0.25) is 9.97 Å². The van der Waals surface area contributed by atoms with Crippen LogP contribution >= 0.6 is 0 Å².